The van der Waals surface area contributed by atoms with Gasteiger partial charge < -0.3 is 9.47 Å². The molecule has 1 atom stereocenters. The monoisotopic (exact) mass is 208 g/mol. The molecule has 15 heavy (non-hydrogen) atoms. The summed E-state index contributed by atoms with van der Waals surface area (Å²) in [4.78, 5) is 32.9. The fraction of sp³-hybridized carbons (Fsp3) is 0.300. The van der Waals surface area contributed by atoms with Gasteiger partial charge in [0.25, 0.3) is 6.47 Å². The Morgan fingerprint density at radius 1 is 1.27 bits per heavy atom. The first kappa shape index (κ1) is 9.79. The Labute approximate surface area is 85.3 Å². The van der Waals surface area contributed by atoms with E-state index in [1.165, 1.54) is 12.2 Å². The maximum atomic E-state index is 11.4. The predicted molar refractivity (Wildman–Crippen MR) is 47.7 cm³/mol. The SMILES string of the molecule is O=COC1CC2=C(CO1)C(=O)C=CC2=O. The van der Waals surface area contributed by atoms with Crippen LogP contribution >= 0.6 is 0 Å². The summed E-state index contributed by atoms with van der Waals surface area (Å²) in [5, 5.41) is 0. The van der Waals surface area contributed by atoms with Crippen molar-refractivity contribution in [1.29, 1.82) is 0 Å². The van der Waals surface area contributed by atoms with E-state index in [4.69, 9.17) is 4.74 Å². The van der Waals surface area contributed by atoms with Crippen molar-refractivity contribution in [2.45, 2.75) is 12.7 Å². The van der Waals surface area contributed by atoms with Crippen LogP contribution < -0.4 is 0 Å². The molecule has 0 bridgehead atoms. The van der Waals surface area contributed by atoms with Crippen molar-refractivity contribution in [3.05, 3.63) is 23.3 Å². The van der Waals surface area contributed by atoms with Gasteiger partial charge >= 0.3 is 0 Å². The molecule has 0 N–H and O–H groups in total. The highest BCUT2D eigenvalue weighted by Gasteiger charge is 2.30. The van der Waals surface area contributed by atoms with Crippen molar-refractivity contribution in [2.75, 3.05) is 6.61 Å². The average molecular weight is 208 g/mol. The van der Waals surface area contributed by atoms with E-state index in [0.717, 1.165) is 0 Å². The summed E-state index contributed by atoms with van der Waals surface area (Å²) in [6, 6.07) is 0. The first-order valence-electron chi connectivity index (χ1n) is 4.42. The Morgan fingerprint density at radius 2 is 1.93 bits per heavy atom. The topological polar surface area (TPSA) is 69.7 Å². The summed E-state index contributed by atoms with van der Waals surface area (Å²) in [6.45, 7) is 0.282. The molecule has 0 aromatic heterocycles. The lowest BCUT2D eigenvalue weighted by Crippen LogP contribution is -2.31. The average Bonchev–Trinajstić information content (AvgIpc) is 2.24. The largest absolute Gasteiger partial charge is 0.438 e. The van der Waals surface area contributed by atoms with Crippen molar-refractivity contribution in [2.24, 2.45) is 0 Å². The molecule has 1 aliphatic heterocycles. The molecule has 2 aliphatic rings. The van der Waals surface area contributed by atoms with Gasteiger partial charge in [0.1, 0.15) is 0 Å². The molecule has 0 fully saturated rings. The van der Waals surface area contributed by atoms with Crippen LogP contribution in [-0.2, 0) is 23.9 Å². The minimum absolute atomic E-state index is 0.0166. The summed E-state index contributed by atoms with van der Waals surface area (Å²) < 4.78 is 9.68. The van der Waals surface area contributed by atoms with Crippen LogP contribution in [0.4, 0.5) is 0 Å². The first-order chi connectivity index (χ1) is 7.22. The van der Waals surface area contributed by atoms with E-state index in [9.17, 15) is 14.4 Å². The van der Waals surface area contributed by atoms with Crippen molar-refractivity contribution < 1.29 is 23.9 Å². The Kier molecular flexibility index (Phi) is 2.47. The summed E-state index contributed by atoms with van der Waals surface area (Å²) in [5.74, 6) is -0.429. The maximum absolute atomic E-state index is 11.4. The third kappa shape index (κ3) is 1.73. The van der Waals surface area contributed by atoms with Crippen LogP contribution in [0.2, 0.25) is 0 Å². The van der Waals surface area contributed by atoms with Gasteiger partial charge in [0.2, 0.25) is 6.29 Å². The van der Waals surface area contributed by atoms with Gasteiger partial charge in [-0.1, -0.05) is 0 Å². The van der Waals surface area contributed by atoms with Crippen LogP contribution in [0.5, 0.6) is 0 Å². The number of carbonyl (C=O) groups is 3. The van der Waals surface area contributed by atoms with Crippen molar-refractivity contribution in [3.8, 4) is 0 Å². The normalized spacial score (nSPS) is 25.2. The zero-order valence-corrected chi connectivity index (χ0v) is 7.76. The third-order valence-electron chi connectivity index (χ3n) is 2.34. The third-order valence-corrected chi connectivity index (χ3v) is 2.34. The van der Waals surface area contributed by atoms with Gasteiger partial charge in [-0.2, -0.15) is 0 Å². The Bertz CT molecular complexity index is 391. The molecule has 0 saturated heterocycles. The lowest BCUT2D eigenvalue weighted by Gasteiger charge is -2.25. The van der Waals surface area contributed by atoms with Crippen molar-refractivity contribution in [3.63, 3.8) is 0 Å². The van der Waals surface area contributed by atoms with Gasteiger partial charge in [-0.3, -0.25) is 14.4 Å². The molecule has 0 amide bonds. The molecule has 5 heteroatoms. The van der Waals surface area contributed by atoms with Crippen molar-refractivity contribution >= 4 is 18.0 Å². The highest BCUT2D eigenvalue weighted by atomic mass is 16.7. The quantitative estimate of drug-likeness (QED) is 0.468. The van der Waals surface area contributed by atoms with Gasteiger partial charge in [0.15, 0.2) is 11.6 Å². The van der Waals surface area contributed by atoms with Gasteiger partial charge in [-0.25, -0.2) is 0 Å². The molecular formula is C10H8O5. The van der Waals surface area contributed by atoms with Crippen LogP contribution in [0.3, 0.4) is 0 Å². The molecule has 1 aliphatic carbocycles. The minimum Gasteiger partial charge on any atom is -0.438 e. The van der Waals surface area contributed by atoms with Gasteiger partial charge in [0.05, 0.1) is 6.61 Å². The molecule has 1 unspecified atom stereocenters. The van der Waals surface area contributed by atoms with E-state index >= 15 is 0 Å². The summed E-state index contributed by atoms with van der Waals surface area (Å²) in [6.07, 6.45) is 1.84. The molecule has 1 heterocycles. The summed E-state index contributed by atoms with van der Waals surface area (Å²) >= 11 is 0. The molecule has 0 aromatic rings. The fourth-order valence-corrected chi connectivity index (χ4v) is 1.58. The summed E-state index contributed by atoms with van der Waals surface area (Å²) in [5.41, 5.74) is 0.758. The van der Waals surface area contributed by atoms with E-state index < -0.39 is 6.29 Å². The smallest absolute Gasteiger partial charge is 0.295 e. The fourth-order valence-electron chi connectivity index (χ4n) is 1.58. The molecule has 78 valence electrons. The number of carbonyl (C=O) groups excluding carboxylic acids is 3. The number of hydrogen-bond donors (Lipinski definition) is 0. The van der Waals surface area contributed by atoms with E-state index in [0.29, 0.717) is 11.1 Å². The van der Waals surface area contributed by atoms with Crippen LogP contribution in [0.25, 0.3) is 0 Å². The molecule has 0 aromatic carbocycles. The number of ether oxygens (including phenoxy) is 2. The van der Waals surface area contributed by atoms with E-state index in [2.05, 4.69) is 4.74 Å². The molecule has 5 nitrogen and oxygen atoms in total. The standard InChI is InChI=1S/C10H8O5/c11-5-15-10-3-6-7(4-14-10)9(13)2-1-8(6)12/h1-2,5,10H,3-4H2. The van der Waals surface area contributed by atoms with E-state index in [1.54, 1.807) is 0 Å². The maximum Gasteiger partial charge on any atom is 0.295 e. The van der Waals surface area contributed by atoms with Gasteiger partial charge in [-0.15, -0.1) is 0 Å². The molecule has 0 saturated carbocycles. The lowest BCUT2D eigenvalue weighted by atomic mass is 9.91. The summed E-state index contributed by atoms with van der Waals surface area (Å²) in [7, 11) is 0. The van der Waals surface area contributed by atoms with Crippen LogP contribution in [0.15, 0.2) is 23.3 Å². The van der Waals surface area contributed by atoms with Crippen molar-refractivity contribution in [1.82, 2.24) is 0 Å². The number of rotatable bonds is 2. The number of ketones is 2. The lowest BCUT2D eigenvalue weighted by molar-refractivity contribution is -0.164. The predicted octanol–water partition coefficient (Wildman–Crippen LogP) is -0.0896. The second-order valence-electron chi connectivity index (χ2n) is 3.20. The molecular weight excluding hydrogens is 200 g/mol. The van der Waals surface area contributed by atoms with Crippen LogP contribution in [0, 0.1) is 0 Å². The van der Waals surface area contributed by atoms with Gasteiger partial charge in [-0.05, 0) is 12.2 Å². The highest BCUT2D eigenvalue weighted by molar-refractivity contribution is 6.20. The van der Waals surface area contributed by atoms with Gasteiger partial charge in [0, 0.05) is 17.6 Å². The van der Waals surface area contributed by atoms with E-state index in [-0.39, 0.29) is 31.1 Å². The Morgan fingerprint density at radius 3 is 2.60 bits per heavy atom. The Hall–Kier alpha value is -1.75. The second kappa shape index (κ2) is 3.78. The van der Waals surface area contributed by atoms with Crippen LogP contribution in [-0.4, -0.2) is 30.9 Å². The number of allylic oxidation sites excluding steroid dienone is 2. The zero-order valence-electron chi connectivity index (χ0n) is 7.76. The highest BCUT2D eigenvalue weighted by Crippen LogP contribution is 2.25. The second-order valence-corrected chi connectivity index (χ2v) is 3.20. The minimum atomic E-state index is -0.760. The molecule has 2 rings (SSSR count). The van der Waals surface area contributed by atoms with Crippen LogP contribution in [0.1, 0.15) is 6.42 Å². The first-order valence-corrected chi connectivity index (χ1v) is 4.42. The molecule has 0 spiro atoms. The zero-order chi connectivity index (χ0) is 10.8. The van der Waals surface area contributed by atoms with E-state index in [1.807, 2.05) is 0 Å². The number of hydrogen-bond acceptors (Lipinski definition) is 5. The molecule has 0 radical (unpaired) electrons. The Balaban J connectivity index is 2.23.